The van der Waals surface area contributed by atoms with Crippen molar-refractivity contribution in [3.8, 4) is 130 Å². The summed E-state index contributed by atoms with van der Waals surface area (Å²) in [6.07, 6.45) is 1.25. The van der Waals surface area contributed by atoms with E-state index in [2.05, 4.69) is 239 Å². The maximum absolute atomic E-state index is 14.9. The zero-order valence-electron chi connectivity index (χ0n) is 81.2. The van der Waals surface area contributed by atoms with E-state index in [1.165, 1.54) is 22.1 Å². The SMILES string of the molecule is COc1c[c-]c(-c2cc(-c3ccc(P(=O)(c4ccccc4)c4ccccc4)cc3)cc(-c3[c-]cc(C(C)(C)C)cc3)n2)cc1.COc1c[c-]c(-c2cc(-c3ccc(P(=O)(c4ccccc4)c4ccccc4)cc3)cc(-c3[c-]cc(C(C)(C)C)cc3)n2)cc1.COc1c[c-]c(-c2cc(-c3ccc(P(=O)(c4ccccc4)c4ccccc4)cc3)cc(-c3[c-]cc(C(C)(C)C)cc3)n2)cc1.N#CO.N#C[S-].[Au+3].[Au+3].[Au].[N-]=C=O. The summed E-state index contributed by atoms with van der Waals surface area (Å²) in [4.78, 5) is 23.3. The average Bonchev–Trinajstić information content (AvgIpc) is 0.765. The van der Waals surface area contributed by atoms with Gasteiger partial charge in [-0.2, -0.15) is 5.26 Å². The second-order valence-electron chi connectivity index (χ2n) is 35.8. The summed E-state index contributed by atoms with van der Waals surface area (Å²) >= 11 is 3.70. The zero-order chi connectivity index (χ0) is 100. The fourth-order valence-electron chi connectivity index (χ4n) is 15.9. The van der Waals surface area contributed by atoms with Gasteiger partial charge in [0.15, 0.2) is 21.4 Å². The Morgan fingerprint density at radius 1 is 0.292 bits per heavy atom. The van der Waals surface area contributed by atoms with Crippen molar-refractivity contribution >= 4 is 87.9 Å². The number of rotatable bonds is 21. The summed E-state index contributed by atoms with van der Waals surface area (Å²) in [6.45, 7) is 19.8. The summed E-state index contributed by atoms with van der Waals surface area (Å²) in [5.74, 6) is 2.23. The van der Waals surface area contributed by atoms with E-state index in [1.807, 2.05) is 273 Å². The first-order valence-corrected chi connectivity index (χ1v) is 50.9. The Hall–Kier alpha value is -13.6. The van der Waals surface area contributed by atoms with E-state index < -0.39 is 21.4 Å². The quantitative estimate of drug-likeness (QED) is 0.0134. The van der Waals surface area contributed by atoms with Gasteiger partial charge < -0.3 is 66.0 Å². The average molecular weight is 2510 g/mol. The number of aliphatic hydroxyl groups excluding tert-OH is 1. The minimum absolute atomic E-state index is 0. The smallest absolute Gasteiger partial charge is 0.724 e. The molecule has 729 valence electrons. The van der Waals surface area contributed by atoms with Gasteiger partial charge in [-0.3, -0.25) is 4.79 Å². The normalized spacial score (nSPS) is 10.9. The Kier molecular flexibility index (Phi) is 40.7. The number of nitrogens with zero attached hydrogens (tertiary/aromatic N) is 6. The fraction of sp³-hybridized carbons (Fsp3) is 0.122. The van der Waals surface area contributed by atoms with Crippen molar-refractivity contribution in [2.75, 3.05) is 21.3 Å². The fourth-order valence-corrected chi connectivity index (χ4v) is 23.9. The molecule has 1 N–H and O–H groups in total. The maximum atomic E-state index is 14.9. The van der Waals surface area contributed by atoms with Crippen LogP contribution in [0, 0.1) is 58.6 Å². The number of carbonyl (C=O) groups excluding carboxylic acids is 1. The number of thiocyanates is 1. The minimum atomic E-state index is -3.06. The first-order chi connectivity index (χ1) is 68.0. The Labute approximate surface area is 898 Å². The van der Waals surface area contributed by atoms with Gasteiger partial charge in [0.2, 0.25) is 0 Å². The Bertz CT molecular complexity index is 6660. The number of ether oxygens (including phenoxy) is 3. The third kappa shape index (κ3) is 27.7. The molecule has 144 heavy (non-hydrogen) atoms. The van der Waals surface area contributed by atoms with E-state index >= 15 is 0 Å². The molecule has 14 nitrogen and oxygen atoms in total. The number of hydrogen-bond acceptors (Lipinski definition) is 14. The standard InChI is InChI=1S/3C40H34NO2P.CHNO.CNO.CHNS.3Au/c3*1-40(2,3)33-21-15-30(16-22-33)38-27-32(28-39(41-38)31-17-23-34(43-4)24-18-31)29-19-25-37(26-20-29)44(42,35-11-7-5-8-12-35)36-13-9-6-10-14-36;3*2-1-3;;;/h3*5-15,17,19-28H,1-4H3;3H;;3H;;;/q3*-2;;-1;;;2*+3/p-1. The molecule has 0 bridgehead atoms. The topological polar surface area (TPSA) is 225 Å². The molecule has 18 aromatic rings. The summed E-state index contributed by atoms with van der Waals surface area (Å²) in [6, 6.07) is 152. The number of isocyanates is 1. The molecule has 0 saturated carbocycles. The van der Waals surface area contributed by atoms with Crippen LogP contribution in [-0.4, -0.2) is 47.5 Å². The van der Waals surface area contributed by atoms with Crippen LogP contribution in [0.4, 0.5) is 0 Å². The van der Waals surface area contributed by atoms with Gasteiger partial charge in [0, 0.05) is 87.4 Å². The summed E-state index contributed by atoms with van der Waals surface area (Å²) < 4.78 is 60.7. The molecule has 3 heterocycles. The first kappa shape index (κ1) is 112. The van der Waals surface area contributed by atoms with Gasteiger partial charge >= 0.3 is 44.8 Å². The van der Waals surface area contributed by atoms with E-state index in [4.69, 9.17) is 55.0 Å². The molecule has 0 amide bonds. The van der Waals surface area contributed by atoms with Gasteiger partial charge in [-0.05, 0) is 89.9 Å². The van der Waals surface area contributed by atoms with Crippen LogP contribution < -0.4 is 62.0 Å². The van der Waals surface area contributed by atoms with Crippen LogP contribution in [0.15, 0.2) is 400 Å². The largest absolute Gasteiger partial charge is 3.00 e. The maximum Gasteiger partial charge on any atom is 3.00 e. The number of benzene rings is 15. The van der Waals surface area contributed by atoms with Crippen molar-refractivity contribution < 1.29 is 105 Å². The van der Waals surface area contributed by atoms with Crippen molar-refractivity contribution in [3.05, 3.63) is 459 Å². The monoisotopic (exact) mass is 2510 g/mol. The van der Waals surface area contributed by atoms with Gasteiger partial charge in [0.1, 0.15) is 0 Å². The molecule has 0 aliphatic heterocycles. The van der Waals surface area contributed by atoms with E-state index in [0.717, 1.165) is 172 Å². The third-order valence-electron chi connectivity index (χ3n) is 23.6. The Morgan fingerprint density at radius 3 is 0.590 bits per heavy atom. The van der Waals surface area contributed by atoms with Crippen molar-refractivity contribution in [3.63, 3.8) is 0 Å². The molecular formula is C123H103Au3N6O8P3S-2. The van der Waals surface area contributed by atoms with E-state index in [-0.39, 0.29) is 83.4 Å². The molecule has 0 spiro atoms. The Balaban J connectivity index is 0.000000210. The van der Waals surface area contributed by atoms with Gasteiger partial charge in [-0.1, -0.05) is 359 Å². The molecule has 0 unspecified atom stereocenters. The van der Waals surface area contributed by atoms with Crippen LogP contribution in [0.5, 0.6) is 17.2 Å². The van der Waals surface area contributed by atoms with Gasteiger partial charge in [-0.15, -0.1) is 196 Å². The van der Waals surface area contributed by atoms with Crippen molar-refractivity contribution in [2.24, 2.45) is 0 Å². The van der Waals surface area contributed by atoms with Gasteiger partial charge in [0.25, 0.3) is 6.26 Å². The number of methoxy groups -OCH3 is 3. The van der Waals surface area contributed by atoms with E-state index in [1.54, 1.807) is 21.3 Å². The van der Waals surface area contributed by atoms with Crippen LogP contribution in [0.1, 0.15) is 79.0 Å². The zero-order valence-corrected chi connectivity index (χ0v) is 91.2. The molecule has 15 aromatic carbocycles. The summed E-state index contributed by atoms with van der Waals surface area (Å²) in [5.41, 5.74) is 20.0. The molecule has 3 aromatic heterocycles. The summed E-state index contributed by atoms with van der Waals surface area (Å²) in [7, 11) is -4.25. The number of hydrogen-bond donors (Lipinski definition) is 1. The van der Waals surface area contributed by atoms with Crippen LogP contribution >= 0.6 is 21.4 Å². The molecule has 0 aliphatic rings. The second kappa shape index (κ2) is 52.1. The minimum Gasteiger partial charge on any atom is -0.724 e. The predicted molar refractivity (Wildman–Crippen MR) is 578 cm³/mol. The van der Waals surface area contributed by atoms with Crippen molar-refractivity contribution in [1.29, 1.82) is 10.5 Å². The van der Waals surface area contributed by atoms with Crippen LogP contribution in [0.2, 0.25) is 0 Å². The molecule has 0 atom stereocenters. The third-order valence-corrected chi connectivity index (χ3v) is 32.9. The Morgan fingerprint density at radius 2 is 0.451 bits per heavy atom. The van der Waals surface area contributed by atoms with E-state index in [9.17, 15) is 13.7 Å². The molecule has 0 aliphatic carbocycles. The molecule has 21 heteroatoms. The number of nitriles is 2. The summed E-state index contributed by atoms with van der Waals surface area (Å²) in [5, 5.41) is 36.3. The van der Waals surface area contributed by atoms with Gasteiger partial charge in [0.05, 0.1) is 21.3 Å². The molecule has 1 radical (unpaired) electrons. The van der Waals surface area contributed by atoms with Gasteiger partial charge in [-0.25, -0.2) is 5.26 Å². The molecule has 0 saturated heterocycles. The molecular weight excluding hydrogens is 2410 g/mol. The van der Waals surface area contributed by atoms with Crippen LogP contribution in [0.25, 0.3) is 106 Å². The first-order valence-electron chi connectivity index (χ1n) is 45.4. The number of aliphatic hydroxyl groups is 1. The van der Waals surface area contributed by atoms with Crippen LogP contribution in [-0.2, 0) is 115 Å². The molecule has 0 fully saturated rings. The van der Waals surface area contributed by atoms with E-state index in [0.29, 0.717) is 6.08 Å². The number of pyridine rings is 3. The van der Waals surface area contributed by atoms with Crippen molar-refractivity contribution in [2.45, 2.75) is 78.6 Å². The molecule has 18 rings (SSSR count). The number of aromatic nitrogens is 3. The van der Waals surface area contributed by atoms with Crippen molar-refractivity contribution in [1.82, 2.24) is 15.0 Å². The van der Waals surface area contributed by atoms with Crippen LogP contribution in [0.3, 0.4) is 0 Å². The second-order valence-corrected chi connectivity index (χ2v) is 44.3. The predicted octanol–water partition coefficient (Wildman–Crippen LogP) is 25.6.